The molecule has 0 spiro atoms. The number of esters is 1. The number of benzene rings is 2. The maximum absolute atomic E-state index is 13.1. The van der Waals surface area contributed by atoms with Crippen molar-refractivity contribution in [2.24, 2.45) is 0 Å². The summed E-state index contributed by atoms with van der Waals surface area (Å²) in [5.74, 6) is -0.669. The molecule has 9 nitrogen and oxygen atoms in total. The van der Waals surface area contributed by atoms with Crippen molar-refractivity contribution in [2.75, 3.05) is 6.61 Å². The average molecular weight is 420 g/mol. The zero-order valence-electron chi connectivity index (χ0n) is 16.9. The third-order valence-electron chi connectivity index (χ3n) is 5.17. The molecular weight excluding hydrogens is 400 g/mol. The Morgan fingerprint density at radius 1 is 1.16 bits per heavy atom. The molecule has 2 heterocycles. The Balaban J connectivity index is 2.02. The van der Waals surface area contributed by atoms with E-state index >= 15 is 0 Å². The number of nitrogens with one attached hydrogen (secondary N) is 3. The second-order valence-electron chi connectivity index (χ2n) is 7.02. The summed E-state index contributed by atoms with van der Waals surface area (Å²) in [6.45, 7) is 3.63. The molecule has 0 bridgehead atoms. The standard InChI is InChI=1S/C22H20N4O5/c1-3-31-21(27)18-19(14-9-5-7-11-16(14)26(29)30)24-22(28)25-20(18)17-12(2)23-15-10-6-4-8-13(15)17/h4-11,20,23H,3H2,1-2H3,(H2,24,25,28). The van der Waals surface area contributed by atoms with Crippen molar-refractivity contribution >= 4 is 34.3 Å². The highest BCUT2D eigenvalue weighted by Gasteiger charge is 2.38. The minimum Gasteiger partial charge on any atom is -0.463 e. The molecule has 0 fully saturated rings. The highest BCUT2D eigenvalue weighted by atomic mass is 16.6. The normalized spacial score (nSPS) is 16.1. The SMILES string of the molecule is CCOC(=O)C1=C(c2ccccc2[N+](=O)[O-])NC(=O)NC1c1c(C)[nH]c2ccccc12. The van der Waals surface area contributed by atoms with Crippen LogP contribution in [0.4, 0.5) is 10.5 Å². The first-order valence-corrected chi connectivity index (χ1v) is 9.72. The summed E-state index contributed by atoms with van der Waals surface area (Å²) in [4.78, 5) is 40.0. The highest BCUT2D eigenvalue weighted by Crippen LogP contribution is 2.38. The van der Waals surface area contributed by atoms with Crippen LogP contribution in [0.15, 0.2) is 54.1 Å². The van der Waals surface area contributed by atoms with E-state index in [2.05, 4.69) is 15.6 Å². The molecule has 1 atom stereocenters. The number of aromatic amines is 1. The van der Waals surface area contributed by atoms with E-state index in [1.165, 1.54) is 18.2 Å². The van der Waals surface area contributed by atoms with Gasteiger partial charge in [0, 0.05) is 28.2 Å². The number of amides is 2. The topological polar surface area (TPSA) is 126 Å². The number of aryl methyl sites for hydroxylation is 1. The fourth-order valence-corrected chi connectivity index (χ4v) is 3.94. The molecule has 4 rings (SSSR count). The Morgan fingerprint density at radius 3 is 2.61 bits per heavy atom. The van der Waals surface area contributed by atoms with E-state index in [-0.39, 0.29) is 29.1 Å². The van der Waals surface area contributed by atoms with Crippen molar-refractivity contribution in [1.29, 1.82) is 0 Å². The molecule has 2 amide bonds. The van der Waals surface area contributed by atoms with E-state index in [1.807, 2.05) is 31.2 Å². The monoisotopic (exact) mass is 420 g/mol. The zero-order chi connectivity index (χ0) is 22.1. The summed E-state index contributed by atoms with van der Waals surface area (Å²) in [5, 5.41) is 17.8. The van der Waals surface area contributed by atoms with Crippen molar-refractivity contribution < 1.29 is 19.2 Å². The smallest absolute Gasteiger partial charge is 0.338 e. The Bertz CT molecular complexity index is 1240. The molecule has 1 aliphatic rings. The van der Waals surface area contributed by atoms with Crippen LogP contribution < -0.4 is 10.6 Å². The molecule has 31 heavy (non-hydrogen) atoms. The van der Waals surface area contributed by atoms with E-state index in [0.717, 1.165) is 16.6 Å². The van der Waals surface area contributed by atoms with Gasteiger partial charge in [-0.2, -0.15) is 0 Å². The summed E-state index contributed by atoms with van der Waals surface area (Å²) >= 11 is 0. The van der Waals surface area contributed by atoms with Gasteiger partial charge in [-0.3, -0.25) is 10.1 Å². The number of rotatable bonds is 5. The van der Waals surface area contributed by atoms with Gasteiger partial charge in [-0.1, -0.05) is 30.3 Å². The van der Waals surface area contributed by atoms with Crippen LogP contribution in [0, 0.1) is 17.0 Å². The lowest BCUT2D eigenvalue weighted by atomic mass is 9.90. The lowest BCUT2D eigenvalue weighted by molar-refractivity contribution is -0.385. The van der Waals surface area contributed by atoms with Gasteiger partial charge in [0.2, 0.25) is 0 Å². The van der Waals surface area contributed by atoms with Gasteiger partial charge in [-0.25, -0.2) is 9.59 Å². The number of nitro benzene ring substituents is 1. The van der Waals surface area contributed by atoms with Crippen LogP contribution in [0.25, 0.3) is 16.6 Å². The molecule has 9 heteroatoms. The number of para-hydroxylation sites is 2. The molecule has 0 saturated carbocycles. The summed E-state index contributed by atoms with van der Waals surface area (Å²) < 4.78 is 5.28. The summed E-state index contributed by atoms with van der Waals surface area (Å²) in [5.41, 5.74) is 2.37. The molecule has 2 aromatic carbocycles. The molecule has 0 radical (unpaired) electrons. The molecule has 0 saturated heterocycles. The number of hydrogen-bond donors (Lipinski definition) is 3. The summed E-state index contributed by atoms with van der Waals surface area (Å²) in [6.07, 6.45) is 0. The summed E-state index contributed by atoms with van der Waals surface area (Å²) in [6, 6.07) is 12.0. The van der Waals surface area contributed by atoms with Gasteiger partial charge in [0.05, 0.1) is 34.4 Å². The van der Waals surface area contributed by atoms with Crippen molar-refractivity contribution in [3.05, 3.63) is 81.0 Å². The van der Waals surface area contributed by atoms with E-state index in [4.69, 9.17) is 4.74 Å². The average Bonchev–Trinajstić information content (AvgIpc) is 3.08. The Labute approximate surface area is 177 Å². The van der Waals surface area contributed by atoms with Crippen LogP contribution in [0.2, 0.25) is 0 Å². The maximum atomic E-state index is 13.1. The predicted octanol–water partition coefficient (Wildman–Crippen LogP) is 3.71. The van der Waals surface area contributed by atoms with E-state index in [9.17, 15) is 19.7 Å². The number of H-pyrrole nitrogens is 1. The van der Waals surface area contributed by atoms with Crippen molar-refractivity contribution in [1.82, 2.24) is 15.6 Å². The number of urea groups is 1. The molecule has 3 N–H and O–H groups in total. The number of ether oxygens (including phenoxy) is 1. The van der Waals surface area contributed by atoms with Gasteiger partial charge < -0.3 is 20.4 Å². The zero-order valence-corrected chi connectivity index (χ0v) is 16.9. The first kappa shape index (κ1) is 20.1. The molecular formula is C22H20N4O5. The van der Waals surface area contributed by atoms with Gasteiger partial charge in [0.15, 0.2) is 0 Å². The third kappa shape index (κ3) is 3.50. The highest BCUT2D eigenvalue weighted by molar-refractivity contribution is 6.06. The first-order valence-electron chi connectivity index (χ1n) is 9.72. The molecule has 0 aliphatic carbocycles. The number of carbonyl (C=O) groups is 2. The van der Waals surface area contributed by atoms with Crippen molar-refractivity contribution in [3.8, 4) is 0 Å². The quantitative estimate of drug-likeness (QED) is 0.329. The van der Waals surface area contributed by atoms with Crippen molar-refractivity contribution in [2.45, 2.75) is 19.9 Å². The second kappa shape index (κ2) is 7.94. The van der Waals surface area contributed by atoms with Gasteiger partial charge >= 0.3 is 12.0 Å². The first-order chi connectivity index (χ1) is 14.9. The van der Waals surface area contributed by atoms with E-state index in [1.54, 1.807) is 13.0 Å². The predicted molar refractivity (Wildman–Crippen MR) is 114 cm³/mol. The minimum absolute atomic E-state index is 0.0594. The Hall–Kier alpha value is -4.14. The molecule has 1 unspecified atom stereocenters. The number of fused-ring (bicyclic) bond motifs is 1. The fourth-order valence-electron chi connectivity index (χ4n) is 3.94. The third-order valence-corrected chi connectivity index (χ3v) is 5.17. The Morgan fingerprint density at radius 2 is 1.87 bits per heavy atom. The molecule has 3 aromatic rings. The minimum atomic E-state index is -0.862. The van der Waals surface area contributed by atoms with Gasteiger partial charge in [0.1, 0.15) is 0 Å². The molecule has 1 aliphatic heterocycles. The molecule has 158 valence electrons. The lowest BCUT2D eigenvalue weighted by Gasteiger charge is -2.29. The Kier molecular flexibility index (Phi) is 5.16. The van der Waals surface area contributed by atoms with E-state index in [0.29, 0.717) is 5.56 Å². The van der Waals surface area contributed by atoms with Gasteiger partial charge in [-0.05, 0) is 26.0 Å². The maximum Gasteiger partial charge on any atom is 0.338 e. The number of nitrogens with zero attached hydrogens (tertiary/aromatic N) is 1. The summed E-state index contributed by atoms with van der Waals surface area (Å²) in [7, 11) is 0. The number of aromatic nitrogens is 1. The van der Waals surface area contributed by atoms with Crippen LogP contribution in [0.3, 0.4) is 0 Å². The van der Waals surface area contributed by atoms with Crippen LogP contribution in [-0.2, 0) is 9.53 Å². The van der Waals surface area contributed by atoms with Crippen LogP contribution in [0.1, 0.15) is 29.8 Å². The lowest BCUT2D eigenvalue weighted by Crippen LogP contribution is -2.45. The van der Waals surface area contributed by atoms with Crippen LogP contribution in [-0.4, -0.2) is 28.5 Å². The van der Waals surface area contributed by atoms with Crippen molar-refractivity contribution in [3.63, 3.8) is 0 Å². The van der Waals surface area contributed by atoms with Crippen LogP contribution in [0.5, 0.6) is 0 Å². The van der Waals surface area contributed by atoms with Crippen LogP contribution >= 0.6 is 0 Å². The van der Waals surface area contributed by atoms with Gasteiger partial charge in [-0.15, -0.1) is 0 Å². The second-order valence-corrected chi connectivity index (χ2v) is 7.02. The molecule has 1 aromatic heterocycles. The van der Waals surface area contributed by atoms with Gasteiger partial charge in [0.25, 0.3) is 5.69 Å². The largest absolute Gasteiger partial charge is 0.463 e. The van der Waals surface area contributed by atoms with E-state index < -0.39 is 23.0 Å². The number of nitro groups is 1. The fraction of sp³-hybridized carbons (Fsp3) is 0.182. The number of hydrogen-bond acceptors (Lipinski definition) is 5. The number of carbonyl (C=O) groups excluding carboxylic acids is 2.